The highest BCUT2D eigenvalue weighted by Gasteiger charge is 2.31. The number of benzene rings is 3. The van der Waals surface area contributed by atoms with Crippen molar-refractivity contribution in [2.45, 2.75) is 6.42 Å². The Morgan fingerprint density at radius 2 is 1.77 bits per heavy atom. The number of anilines is 2. The number of carbonyl (C=O) groups excluding carboxylic acids is 2. The lowest BCUT2D eigenvalue weighted by Crippen LogP contribution is -2.47. The number of nitrogens with one attached hydrogen (secondary N) is 1. The van der Waals surface area contributed by atoms with Gasteiger partial charge < -0.3 is 15.0 Å². The van der Waals surface area contributed by atoms with Gasteiger partial charge in [-0.15, -0.1) is 0 Å². The van der Waals surface area contributed by atoms with Crippen LogP contribution in [0, 0.1) is 5.82 Å². The van der Waals surface area contributed by atoms with Crippen molar-refractivity contribution in [2.24, 2.45) is 0 Å². The van der Waals surface area contributed by atoms with E-state index < -0.39 is 0 Å². The lowest BCUT2D eigenvalue weighted by Gasteiger charge is -2.36. The third kappa shape index (κ3) is 6.77. The highest BCUT2D eigenvalue weighted by molar-refractivity contribution is 6.30. The lowest BCUT2D eigenvalue weighted by atomic mass is 10.1. The Kier molecular flexibility index (Phi) is 8.44. The zero-order valence-electron chi connectivity index (χ0n) is 21.5. The molecule has 0 radical (unpaired) electrons. The average molecular weight is 549 g/mol. The summed E-state index contributed by atoms with van der Waals surface area (Å²) in [5.74, 6) is -0.205. The number of rotatable bonds is 8. The van der Waals surface area contributed by atoms with Crippen molar-refractivity contribution in [1.82, 2.24) is 10.2 Å². The maximum atomic E-state index is 13.3. The minimum absolute atomic E-state index is 0.109. The molecule has 3 aromatic rings. The first-order valence-corrected chi connectivity index (χ1v) is 13.4. The molecule has 2 amide bonds. The Morgan fingerprint density at radius 1 is 1.00 bits per heavy atom. The van der Waals surface area contributed by atoms with Gasteiger partial charge in [-0.3, -0.25) is 19.4 Å². The number of ether oxygens (including phenoxy) is 1. The van der Waals surface area contributed by atoms with Gasteiger partial charge in [0.1, 0.15) is 12.4 Å². The van der Waals surface area contributed by atoms with Crippen LogP contribution in [0.3, 0.4) is 0 Å². The Bertz CT molecular complexity index is 1360. The normalized spacial score (nSPS) is 16.7. The van der Waals surface area contributed by atoms with E-state index in [9.17, 15) is 14.0 Å². The van der Waals surface area contributed by atoms with Crippen molar-refractivity contribution < 1.29 is 18.7 Å². The zero-order valence-corrected chi connectivity index (χ0v) is 22.2. The smallest absolute Gasteiger partial charge is 0.294 e. The van der Waals surface area contributed by atoms with E-state index in [-0.39, 0.29) is 29.9 Å². The number of para-hydroxylation sites is 2. The molecule has 2 aliphatic heterocycles. The van der Waals surface area contributed by atoms with Gasteiger partial charge in [0.25, 0.3) is 5.91 Å². The van der Waals surface area contributed by atoms with E-state index in [0.29, 0.717) is 23.0 Å². The van der Waals surface area contributed by atoms with Crippen molar-refractivity contribution in [3.05, 3.63) is 95.0 Å². The molecule has 0 unspecified atom stereocenters. The Morgan fingerprint density at radius 3 is 2.54 bits per heavy atom. The Labute approximate surface area is 232 Å². The number of nitrogens with zero attached hydrogens (tertiary/aromatic N) is 3. The zero-order chi connectivity index (χ0) is 27.2. The van der Waals surface area contributed by atoms with Crippen LogP contribution in [-0.2, 0) is 9.59 Å². The predicted octanol–water partition coefficient (Wildman–Crippen LogP) is 4.57. The van der Waals surface area contributed by atoms with Crippen LogP contribution in [0.25, 0.3) is 6.08 Å². The van der Waals surface area contributed by atoms with Crippen LogP contribution in [0.5, 0.6) is 5.75 Å². The first kappa shape index (κ1) is 26.7. The summed E-state index contributed by atoms with van der Waals surface area (Å²) in [7, 11) is 0. The number of carbonyl (C=O) groups is 2. The molecule has 0 spiro atoms. The van der Waals surface area contributed by atoms with E-state index in [0.717, 1.165) is 50.4 Å². The molecule has 0 bridgehead atoms. The molecule has 1 N–H and O–H groups in total. The van der Waals surface area contributed by atoms with Gasteiger partial charge in [0.05, 0.1) is 5.69 Å². The molecule has 202 valence electrons. The molecular weight excluding hydrogens is 519 g/mol. The van der Waals surface area contributed by atoms with Gasteiger partial charge in [-0.25, -0.2) is 4.39 Å². The van der Waals surface area contributed by atoms with Crippen molar-refractivity contribution in [1.29, 1.82) is 0 Å². The largest absolute Gasteiger partial charge is 0.449 e. The van der Waals surface area contributed by atoms with E-state index >= 15 is 0 Å². The average Bonchev–Trinajstić information content (AvgIpc) is 2.94. The van der Waals surface area contributed by atoms with Gasteiger partial charge in [0.2, 0.25) is 5.91 Å². The summed E-state index contributed by atoms with van der Waals surface area (Å²) in [6.45, 7) is 4.84. The van der Waals surface area contributed by atoms with Gasteiger partial charge in [0, 0.05) is 43.4 Å². The van der Waals surface area contributed by atoms with Crippen molar-refractivity contribution in [3.8, 4) is 5.75 Å². The van der Waals surface area contributed by atoms with Gasteiger partial charge in [-0.1, -0.05) is 35.9 Å². The molecular formula is C30H30ClFN4O3. The van der Waals surface area contributed by atoms with E-state index in [4.69, 9.17) is 16.3 Å². The summed E-state index contributed by atoms with van der Waals surface area (Å²) < 4.78 is 19.1. The van der Waals surface area contributed by atoms with Crippen LogP contribution in [0.15, 0.2) is 78.6 Å². The van der Waals surface area contributed by atoms with Crippen LogP contribution in [0.4, 0.5) is 15.8 Å². The standard InChI is InChI=1S/C30H30ClFN4O3/c31-23-6-3-5-22(19-23)20-28-30(38)36(26-7-1-2-8-27(26)39-28)21-29(37)33-13-4-14-34-15-17-35(18-16-34)25-11-9-24(32)10-12-25/h1-3,5-12,19-20H,4,13-18,21H2,(H,33,37). The molecule has 9 heteroatoms. The minimum atomic E-state index is -0.386. The second-order valence-corrected chi connectivity index (χ2v) is 9.97. The van der Waals surface area contributed by atoms with E-state index in [1.54, 1.807) is 36.4 Å². The van der Waals surface area contributed by atoms with E-state index in [2.05, 4.69) is 15.1 Å². The van der Waals surface area contributed by atoms with E-state index in [1.807, 2.05) is 30.3 Å². The van der Waals surface area contributed by atoms with Crippen LogP contribution < -0.4 is 19.9 Å². The van der Waals surface area contributed by atoms with Gasteiger partial charge in [-0.05, 0) is 73.1 Å². The number of halogens is 2. The number of piperazine rings is 1. The van der Waals surface area contributed by atoms with Crippen LogP contribution in [0.1, 0.15) is 12.0 Å². The highest BCUT2D eigenvalue weighted by atomic mass is 35.5. The highest BCUT2D eigenvalue weighted by Crippen LogP contribution is 2.35. The number of hydrogen-bond acceptors (Lipinski definition) is 5. The van der Waals surface area contributed by atoms with Crippen molar-refractivity contribution in [3.63, 3.8) is 0 Å². The second kappa shape index (κ2) is 12.3. The molecule has 0 atom stereocenters. The SMILES string of the molecule is O=C(CN1C(=O)C(=Cc2cccc(Cl)c2)Oc2ccccc21)NCCCN1CCN(c2ccc(F)cc2)CC1. The van der Waals surface area contributed by atoms with Crippen LogP contribution in [0.2, 0.25) is 5.02 Å². The molecule has 1 fully saturated rings. The summed E-state index contributed by atoms with van der Waals surface area (Å²) >= 11 is 6.09. The molecule has 0 saturated carbocycles. The molecule has 3 aromatic carbocycles. The quantitative estimate of drug-likeness (QED) is 0.330. The third-order valence-electron chi connectivity index (χ3n) is 6.82. The second-order valence-electron chi connectivity index (χ2n) is 9.53. The maximum Gasteiger partial charge on any atom is 0.294 e. The summed E-state index contributed by atoms with van der Waals surface area (Å²) in [6.07, 6.45) is 2.43. The van der Waals surface area contributed by atoms with E-state index in [1.165, 1.54) is 17.0 Å². The predicted molar refractivity (Wildman–Crippen MR) is 152 cm³/mol. The number of hydrogen-bond donors (Lipinski definition) is 1. The first-order valence-electron chi connectivity index (χ1n) is 13.0. The first-order chi connectivity index (χ1) is 19.0. The molecule has 2 aliphatic rings. The molecule has 5 rings (SSSR count). The molecule has 0 aliphatic carbocycles. The summed E-state index contributed by atoms with van der Waals surface area (Å²) in [5.41, 5.74) is 2.32. The number of fused-ring (bicyclic) bond motifs is 1. The molecule has 7 nitrogen and oxygen atoms in total. The fourth-order valence-corrected chi connectivity index (χ4v) is 4.98. The topological polar surface area (TPSA) is 65.1 Å². The third-order valence-corrected chi connectivity index (χ3v) is 7.05. The van der Waals surface area contributed by atoms with Gasteiger partial charge >= 0.3 is 0 Å². The summed E-state index contributed by atoms with van der Waals surface area (Å²) in [6, 6.07) is 20.9. The minimum Gasteiger partial charge on any atom is -0.449 e. The van der Waals surface area contributed by atoms with Gasteiger partial charge in [-0.2, -0.15) is 0 Å². The maximum absolute atomic E-state index is 13.3. The molecule has 2 heterocycles. The van der Waals surface area contributed by atoms with Crippen LogP contribution in [-0.4, -0.2) is 62.5 Å². The summed E-state index contributed by atoms with van der Waals surface area (Å²) in [4.78, 5) is 32.2. The van der Waals surface area contributed by atoms with Crippen molar-refractivity contribution in [2.75, 3.05) is 55.6 Å². The Hall–Kier alpha value is -3.88. The Balaban J connectivity index is 1.12. The fraction of sp³-hybridized carbons (Fsp3) is 0.267. The van der Waals surface area contributed by atoms with Crippen LogP contribution >= 0.6 is 11.6 Å². The fourth-order valence-electron chi connectivity index (χ4n) is 4.78. The molecule has 39 heavy (non-hydrogen) atoms. The monoisotopic (exact) mass is 548 g/mol. The van der Waals surface area contributed by atoms with Crippen molar-refractivity contribution >= 4 is 40.9 Å². The molecule has 1 saturated heterocycles. The molecule has 0 aromatic heterocycles. The number of amides is 2. The lowest BCUT2D eigenvalue weighted by molar-refractivity contribution is -0.123. The van der Waals surface area contributed by atoms with Gasteiger partial charge in [0.15, 0.2) is 11.5 Å². The summed E-state index contributed by atoms with van der Waals surface area (Å²) in [5, 5.41) is 3.50.